The third-order valence-electron chi connectivity index (χ3n) is 3.00. The Balaban J connectivity index is 2.25. The highest BCUT2D eigenvalue weighted by Crippen LogP contribution is 2.33. The van der Waals surface area contributed by atoms with Gasteiger partial charge in [0, 0.05) is 23.8 Å². The Labute approximate surface area is 113 Å². The minimum atomic E-state index is 0.356. The maximum atomic E-state index is 6.20. The highest BCUT2D eigenvalue weighted by Gasteiger charge is 2.28. The maximum Gasteiger partial charge on any atom is 0.105 e. The summed E-state index contributed by atoms with van der Waals surface area (Å²) in [5.41, 5.74) is 7.55. The molecule has 1 aromatic rings. The molecule has 0 bridgehead atoms. The Hall–Kier alpha value is -0.800. The number of thiocarbonyl (C=S) groups is 1. The molecule has 0 radical (unpaired) electrons. The molecule has 2 nitrogen and oxygen atoms in total. The first-order valence-corrected chi connectivity index (χ1v) is 6.78. The van der Waals surface area contributed by atoms with Crippen LogP contribution in [0.5, 0.6) is 0 Å². The van der Waals surface area contributed by atoms with Gasteiger partial charge < -0.3 is 10.6 Å². The summed E-state index contributed by atoms with van der Waals surface area (Å²) in [7, 11) is 0. The van der Waals surface area contributed by atoms with Gasteiger partial charge in [0.1, 0.15) is 4.99 Å². The number of rotatable bonds is 5. The lowest BCUT2D eigenvalue weighted by Crippen LogP contribution is -2.26. The lowest BCUT2D eigenvalue weighted by atomic mass is 10.2. The predicted molar refractivity (Wildman–Crippen MR) is 78.0 cm³/mol. The van der Waals surface area contributed by atoms with Gasteiger partial charge in [0.15, 0.2) is 0 Å². The second-order valence-corrected chi connectivity index (χ2v) is 5.30. The van der Waals surface area contributed by atoms with Crippen LogP contribution < -0.4 is 10.6 Å². The quantitative estimate of drug-likeness (QED) is 0.831. The lowest BCUT2D eigenvalue weighted by Gasteiger charge is -2.24. The summed E-state index contributed by atoms with van der Waals surface area (Å²) >= 11 is 11.2. The Morgan fingerprint density at radius 3 is 2.71 bits per heavy atom. The van der Waals surface area contributed by atoms with Gasteiger partial charge in [0.05, 0.1) is 5.02 Å². The van der Waals surface area contributed by atoms with E-state index in [0.717, 1.165) is 18.5 Å². The normalized spacial score (nSPS) is 14.7. The first-order chi connectivity index (χ1) is 8.13. The summed E-state index contributed by atoms with van der Waals surface area (Å²) in [6.07, 6.45) is 3.72. The van der Waals surface area contributed by atoms with E-state index >= 15 is 0 Å². The van der Waals surface area contributed by atoms with Gasteiger partial charge in [-0.15, -0.1) is 0 Å². The number of hydrogen-bond donors (Lipinski definition) is 1. The fraction of sp³-hybridized carbons (Fsp3) is 0.462. The SMILES string of the molecule is CCCN(c1ccc(C(N)=S)c(Cl)c1)C1CC1. The van der Waals surface area contributed by atoms with Gasteiger partial charge in [-0.25, -0.2) is 0 Å². The van der Waals surface area contributed by atoms with Crippen molar-refractivity contribution < 1.29 is 0 Å². The van der Waals surface area contributed by atoms with Crippen LogP contribution in [-0.4, -0.2) is 17.6 Å². The van der Waals surface area contributed by atoms with E-state index in [2.05, 4.69) is 17.9 Å². The summed E-state index contributed by atoms with van der Waals surface area (Å²) in [5.74, 6) is 0. The smallest absolute Gasteiger partial charge is 0.105 e. The van der Waals surface area contributed by atoms with E-state index in [1.807, 2.05) is 12.1 Å². The van der Waals surface area contributed by atoms with E-state index in [-0.39, 0.29) is 0 Å². The predicted octanol–water partition coefficient (Wildman–Crippen LogP) is 3.35. The second-order valence-electron chi connectivity index (χ2n) is 4.45. The van der Waals surface area contributed by atoms with Crippen molar-refractivity contribution in [3.05, 3.63) is 28.8 Å². The van der Waals surface area contributed by atoms with E-state index in [9.17, 15) is 0 Å². The van der Waals surface area contributed by atoms with Crippen molar-refractivity contribution in [2.45, 2.75) is 32.2 Å². The highest BCUT2D eigenvalue weighted by molar-refractivity contribution is 7.80. The molecule has 17 heavy (non-hydrogen) atoms. The first-order valence-electron chi connectivity index (χ1n) is 5.99. The number of nitrogens with zero attached hydrogens (tertiary/aromatic N) is 1. The van der Waals surface area contributed by atoms with Crippen molar-refractivity contribution in [2.75, 3.05) is 11.4 Å². The van der Waals surface area contributed by atoms with Gasteiger partial charge in [0.2, 0.25) is 0 Å². The van der Waals surface area contributed by atoms with Gasteiger partial charge in [0.25, 0.3) is 0 Å². The summed E-state index contributed by atoms with van der Waals surface area (Å²) in [5, 5.41) is 0.650. The lowest BCUT2D eigenvalue weighted by molar-refractivity contribution is 0.763. The van der Waals surface area contributed by atoms with Gasteiger partial charge in [-0.05, 0) is 37.5 Å². The molecule has 2 rings (SSSR count). The average Bonchev–Trinajstić information content (AvgIpc) is 3.09. The molecule has 92 valence electrons. The monoisotopic (exact) mass is 268 g/mol. The topological polar surface area (TPSA) is 29.3 Å². The molecule has 0 unspecified atom stereocenters. The number of benzene rings is 1. The first kappa shape index (κ1) is 12.7. The fourth-order valence-electron chi connectivity index (χ4n) is 2.03. The van der Waals surface area contributed by atoms with Crippen molar-refractivity contribution >= 4 is 34.5 Å². The zero-order chi connectivity index (χ0) is 12.4. The van der Waals surface area contributed by atoms with Crippen LogP contribution in [0.25, 0.3) is 0 Å². The molecule has 0 heterocycles. The largest absolute Gasteiger partial charge is 0.389 e. The molecule has 0 aliphatic heterocycles. The second kappa shape index (κ2) is 5.23. The molecule has 2 N–H and O–H groups in total. The van der Waals surface area contributed by atoms with Crippen LogP contribution in [0.4, 0.5) is 5.69 Å². The summed E-state index contributed by atoms with van der Waals surface area (Å²) < 4.78 is 0. The van der Waals surface area contributed by atoms with Crippen LogP contribution in [0.3, 0.4) is 0 Å². The summed E-state index contributed by atoms with van der Waals surface area (Å²) in [4.78, 5) is 2.78. The number of nitrogens with two attached hydrogens (primary N) is 1. The zero-order valence-electron chi connectivity index (χ0n) is 9.95. The molecular weight excluding hydrogens is 252 g/mol. The van der Waals surface area contributed by atoms with Crippen LogP contribution in [0.1, 0.15) is 31.7 Å². The molecule has 0 amide bonds. The molecule has 0 atom stereocenters. The molecule has 0 saturated heterocycles. The van der Waals surface area contributed by atoms with Crippen molar-refractivity contribution in [1.82, 2.24) is 0 Å². The van der Waals surface area contributed by atoms with Crippen LogP contribution >= 0.6 is 23.8 Å². The minimum absolute atomic E-state index is 0.356. The van der Waals surface area contributed by atoms with Crippen LogP contribution in [0, 0.1) is 0 Å². The van der Waals surface area contributed by atoms with Crippen LogP contribution in [-0.2, 0) is 0 Å². The third-order valence-corrected chi connectivity index (χ3v) is 3.53. The Bertz CT molecular complexity index is 429. The van der Waals surface area contributed by atoms with E-state index in [1.54, 1.807) is 0 Å². The van der Waals surface area contributed by atoms with Crippen molar-refractivity contribution in [2.24, 2.45) is 5.73 Å². The fourth-order valence-corrected chi connectivity index (χ4v) is 2.54. The number of hydrogen-bond acceptors (Lipinski definition) is 2. The third kappa shape index (κ3) is 2.90. The van der Waals surface area contributed by atoms with E-state index in [4.69, 9.17) is 29.6 Å². The molecule has 1 fully saturated rings. The number of halogens is 1. The molecule has 0 spiro atoms. The minimum Gasteiger partial charge on any atom is -0.389 e. The molecule has 4 heteroatoms. The molecular formula is C13H17ClN2S. The van der Waals surface area contributed by atoms with E-state index in [1.165, 1.54) is 18.5 Å². The standard InChI is InChI=1S/C13H17ClN2S/c1-2-7-16(9-3-4-9)10-5-6-11(13(15)17)12(14)8-10/h5-6,8-9H,2-4,7H2,1H3,(H2,15,17). The van der Waals surface area contributed by atoms with E-state index in [0.29, 0.717) is 16.1 Å². The van der Waals surface area contributed by atoms with Gasteiger partial charge >= 0.3 is 0 Å². The van der Waals surface area contributed by atoms with E-state index < -0.39 is 0 Å². The average molecular weight is 269 g/mol. The highest BCUT2D eigenvalue weighted by atomic mass is 35.5. The van der Waals surface area contributed by atoms with Gasteiger partial charge in [-0.1, -0.05) is 30.7 Å². The zero-order valence-corrected chi connectivity index (χ0v) is 11.5. The number of anilines is 1. The Kier molecular flexibility index (Phi) is 3.89. The van der Waals surface area contributed by atoms with Gasteiger partial charge in [-0.2, -0.15) is 0 Å². The van der Waals surface area contributed by atoms with Crippen molar-refractivity contribution in [3.8, 4) is 0 Å². The molecule has 1 aliphatic carbocycles. The molecule has 1 saturated carbocycles. The molecule has 1 aromatic carbocycles. The summed E-state index contributed by atoms with van der Waals surface area (Å²) in [6.45, 7) is 3.27. The van der Waals surface area contributed by atoms with Gasteiger partial charge in [-0.3, -0.25) is 0 Å². The van der Waals surface area contributed by atoms with Crippen LogP contribution in [0.15, 0.2) is 18.2 Å². The van der Waals surface area contributed by atoms with Crippen LogP contribution in [0.2, 0.25) is 5.02 Å². The Morgan fingerprint density at radius 2 is 2.24 bits per heavy atom. The molecule has 1 aliphatic rings. The van der Waals surface area contributed by atoms with Crippen molar-refractivity contribution in [3.63, 3.8) is 0 Å². The Morgan fingerprint density at radius 1 is 1.53 bits per heavy atom. The molecule has 0 aromatic heterocycles. The maximum absolute atomic E-state index is 6.20. The van der Waals surface area contributed by atoms with Crippen molar-refractivity contribution in [1.29, 1.82) is 0 Å². The summed E-state index contributed by atoms with van der Waals surface area (Å²) in [6, 6.07) is 6.66.